The molecule has 2 saturated heterocycles. The van der Waals surface area contributed by atoms with Gasteiger partial charge in [0.1, 0.15) is 48.5 Å². The van der Waals surface area contributed by atoms with Gasteiger partial charge in [0.15, 0.2) is 6.29 Å². The fourth-order valence-electron chi connectivity index (χ4n) is 3.44. The van der Waals surface area contributed by atoms with Crippen LogP contribution in [0, 0.1) is 10.1 Å². The van der Waals surface area contributed by atoms with Crippen LogP contribution in [0.3, 0.4) is 0 Å². The zero-order chi connectivity index (χ0) is 22.9. The number of nitro benzene ring substituents is 1. The zero-order valence-corrected chi connectivity index (χ0v) is 16.4. The molecule has 2 aliphatic heterocycles. The molecule has 0 saturated carbocycles. The lowest BCUT2D eigenvalue weighted by molar-refractivity contribution is -0.384. The third-order valence-corrected chi connectivity index (χ3v) is 5.14. The van der Waals surface area contributed by atoms with Gasteiger partial charge in [-0.1, -0.05) is 0 Å². The topological polar surface area (TPSA) is 201 Å². The monoisotopic (exact) mass is 447 g/mol. The number of benzene rings is 1. The first kappa shape index (κ1) is 23.7. The van der Waals surface area contributed by atoms with E-state index in [2.05, 4.69) is 0 Å². The second-order valence-corrected chi connectivity index (χ2v) is 7.37. The molecule has 31 heavy (non-hydrogen) atoms. The van der Waals surface area contributed by atoms with Crippen LogP contribution < -0.4 is 4.74 Å². The van der Waals surface area contributed by atoms with Gasteiger partial charge in [0, 0.05) is 12.1 Å². The second-order valence-electron chi connectivity index (χ2n) is 7.37. The summed E-state index contributed by atoms with van der Waals surface area (Å²) in [5.41, 5.74) is -0.167. The van der Waals surface area contributed by atoms with Gasteiger partial charge >= 0.3 is 0 Å². The van der Waals surface area contributed by atoms with E-state index in [1.54, 1.807) is 0 Å². The molecule has 13 heteroatoms. The van der Waals surface area contributed by atoms with Crippen molar-refractivity contribution in [2.45, 2.75) is 68.3 Å². The number of aliphatic hydroxyl groups is 6. The summed E-state index contributed by atoms with van der Waals surface area (Å²) < 4.78 is 21.6. The van der Waals surface area contributed by atoms with Crippen molar-refractivity contribution < 1.29 is 54.5 Å². The average molecular weight is 447 g/mol. The largest absolute Gasteiger partial charge is 0.462 e. The molecule has 10 atom stereocenters. The molecule has 0 aliphatic carbocycles. The maximum absolute atomic E-state index is 10.7. The van der Waals surface area contributed by atoms with E-state index < -0.39 is 72.9 Å². The van der Waals surface area contributed by atoms with Crippen LogP contribution >= 0.6 is 0 Å². The first-order valence-electron chi connectivity index (χ1n) is 9.52. The lowest BCUT2D eigenvalue weighted by Crippen LogP contribution is -2.46. The van der Waals surface area contributed by atoms with Gasteiger partial charge in [0.25, 0.3) is 5.69 Å². The number of rotatable bonds is 8. The van der Waals surface area contributed by atoms with Crippen molar-refractivity contribution in [1.29, 1.82) is 0 Å². The van der Waals surface area contributed by atoms with Crippen molar-refractivity contribution >= 4 is 5.69 Å². The Kier molecular flexibility index (Phi) is 7.41. The minimum Gasteiger partial charge on any atom is -0.462 e. The molecule has 2 aliphatic rings. The standard InChI is InChI=1S/C18H25NO12/c1-7(21)15-11(22)13(24)18(30-15)29-10(6-20)16-12(23)14(25)17(31-16)28-9-4-2-8(3-5-9)19(26)27/h2-5,7,10-18,20-25H,6H2,1H3/t7-,10-,11-,12-,13-,14-,15+,16+,17-,18-/m1/s1. The molecule has 1 aromatic rings. The summed E-state index contributed by atoms with van der Waals surface area (Å²) in [5, 5.41) is 70.6. The van der Waals surface area contributed by atoms with Crippen LogP contribution in [0.5, 0.6) is 5.75 Å². The Morgan fingerprint density at radius 2 is 1.55 bits per heavy atom. The van der Waals surface area contributed by atoms with Gasteiger partial charge < -0.3 is 49.6 Å². The summed E-state index contributed by atoms with van der Waals surface area (Å²) in [6, 6.07) is 4.95. The van der Waals surface area contributed by atoms with Gasteiger partial charge in [0.05, 0.1) is 17.6 Å². The molecule has 3 rings (SSSR count). The van der Waals surface area contributed by atoms with E-state index in [1.165, 1.54) is 31.2 Å². The van der Waals surface area contributed by atoms with Crippen molar-refractivity contribution in [2.75, 3.05) is 6.61 Å². The van der Waals surface area contributed by atoms with Gasteiger partial charge in [-0.25, -0.2) is 0 Å². The second kappa shape index (κ2) is 9.68. The van der Waals surface area contributed by atoms with Crippen molar-refractivity contribution in [2.24, 2.45) is 0 Å². The van der Waals surface area contributed by atoms with E-state index in [0.29, 0.717) is 0 Å². The lowest BCUT2D eigenvalue weighted by Gasteiger charge is -2.27. The van der Waals surface area contributed by atoms with Crippen molar-refractivity contribution in [3.8, 4) is 5.75 Å². The summed E-state index contributed by atoms with van der Waals surface area (Å²) in [6.45, 7) is 0.646. The number of nitro groups is 1. The molecule has 6 N–H and O–H groups in total. The van der Waals surface area contributed by atoms with Crippen LogP contribution in [-0.2, 0) is 14.2 Å². The van der Waals surface area contributed by atoms with E-state index in [-0.39, 0.29) is 11.4 Å². The molecule has 0 radical (unpaired) electrons. The summed E-state index contributed by atoms with van der Waals surface area (Å²) in [5.74, 6) is 0.126. The molecule has 174 valence electrons. The molecule has 0 amide bonds. The third-order valence-electron chi connectivity index (χ3n) is 5.14. The van der Waals surface area contributed by atoms with Crippen LogP contribution in [0.2, 0.25) is 0 Å². The van der Waals surface area contributed by atoms with Crippen LogP contribution in [0.15, 0.2) is 24.3 Å². The smallest absolute Gasteiger partial charge is 0.269 e. The van der Waals surface area contributed by atoms with Gasteiger partial charge in [0.2, 0.25) is 6.29 Å². The van der Waals surface area contributed by atoms with Crippen molar-refractivity contribution in [1.82, 2.24) is 0 Å². The molecule has 0 aromatic heterocycles. The molecular weight excluding hydrogens is 422 g/mol. The van der Waals surface area contributed by atoms with Gasteiger partial charge in [-0.05, 0) is 19.1 Å². The summed E-state index contributed by atoms with van der Waals surface area (Å²) in [6.07, 6.45) is -13.8. The first-order valence-corrected chi connectivity index (χ1v) is 9.52. The maximum Gasteiger partial charge on any atom is 0.269 e. The highest BCUT2D eigenvalue weighted by atomic mass is 16.7. The molecule has 0 bridgehead atoms. The fraction of sp³-hybridized carbons (Fsp3) is 0.667. The Hall–Kier alpha value is -1.94. The van der Waals surface area contributed by atoms with Gasteiger partial charge in [-0.2, -0.15) is 0 Å². The molecule has 0 unspecified atom stereocenters. The van der Waals surface area contributed by atoms with E-state index in [4.69, 9.17) is 18.9 Å². The number of aliphatic hydroxyl groups excluding tert-OH is 6. The first-order chi connectivity index (χ1) is 14.6. The average Bonchev–Trinajstić information content (AvgIpc) is 3.17. The summed E-state index contributed by atoms with van der Waals surface area (Å²) >= 11 is 0. The van der Waals surface area contributed by atoms with Crippen molar-refractivity contribution in [3.05, 3.63) is 34.4 Å². The van der Waals surface area contributed by atoms with E-state index in [0.717, 1.165) is 0 Å². The molecular formula is C18H25NO12. The Bertz CT molecular complexity index is 746. The minimum absolute atomic E-state index is 0.126. The van der Waals surface area contributed by atoms with Gasteiger partial charge in [-0.15, -0.1) is 0 Å². The van der Waals surface area contributed by atoms with Crippen molar-refractivity contribution in [3.63, 3.8) is 0 Å². The quantitative estimate of drug-likeness (QED) is 0.183. The number of ether oxygens (including phenoxy) is 4. The highest BCUT2D eigenvalue weighted by molar-refractivity contribution is 5.36. The number of non-ortho nitro benzene ring substituents is 1. The SMILES string of the molecule is C[C@@H](O)[C@@H]1O[C@@H](O[C@H](CO)[C@@H]2O[C@@H](Oc3ccc([N+](=O)[O-])cc3)[C@H](O)[C@H]2O)[C@H](O)[C@H]1O. The molecule has 1 aromatic carbocycles. The minimum atomic E-state index is -1.56. The van der Waals surface area contributed by atoms with Gasteiger partial charge in [-0.3, -0.25) is 10.1 Å². The van der Waals surface area contributed by atoms with E-state index >= 15 is 0 Å². The van der Waals surface area contributed by atoms with Crippen LogP contribution in [0.25, 0.3) is 0 Å². The molecule has 0 spiro atoms. The fourth-order valence-corrected chi connectivity index (χ4v) is 3.44. The Morgan fingerprint density at radius 3 is 2.06 bits per heavy atom. The Balaban J connectivity index is 1.65. The summed E-state index contributed by atoms with van der Waals surface area (Å²) in [4.78, 5) is 10.1. The number of nitrogens with zero attached hydrogens (tertiary/aromatic N) is 1. The normalized spacial score (nSPS) is 37.5. The van der Waals surface area contributed by atoms with Crippen LogP contribution in [0.1, 0.15) is 6.92 Å². The predicted octanol–water partition coefficient (Wildman–Crippen LogP) is -2.37. The van der Waals surface area contributed by atoms with E-state index in [9.17, 15) is 40.8 Å². The van der Waals surface area contributed by atoms with Crippen LogP contribution in [0.4, 0.5) is 5.69 Å². The third kappa shape index (κ3) is 4.95. The lowest BCUT2D eigenvalue weighted by atomic mass is 10.1. The Morgan fingerprint density at radius 1 is 1.00 bits per heavy atom. The highest BCUT2D eigenvalue weighted by Gasteiger charge is 2.51. The molecule has 2 heterocycles. The molecule has 2 fully saturated rings. The van der Waals surface area contributed by atoms with E-state index in [1.807, 2.05) is 0 Å². The predicted molar refractivity (Wildman–Crippen MR) is 98.7 cm³/mol. The van der Waals surface area contributed by atoms with Crippen LogP contribution in [-0.4, -0.2) is 104 Å². The summed E-state index contributed by atoms with van der Waals surface area (Å²) in [7, 11) is 0. The number of hydrogen-bond acceptors (Lipinski definition) is 12. The Labute approximate surface area is 176 Å². The maximum atomic E-state index is 10.7. The zero-order valence-electron chi connectivity index (χ0n) is 16.4. The highest BCUT2D eigenvalue weighted by Crippen LogP contribution is 2.31. The molecule has 13 nitrogen and oxygen atoms in total. The number of hydrogen-bond donors (Lipinski definition) is 6.